The maximum Gasteiger partial charge on any atom is 0.311 e. The number of hydrogen-bond donors (Lipinski definition) is 1. The molecule has 26 heavy (non-hydrogen) atoms. The van der Waals surface area contributed by atoms with Gasteiger partial charge in [0.15, 0.2) is 0 Å². The van der Waals surface area contributed by atoms with E-state index in [1.165, 1.54) is 0 Å². The van der Waals surface area contributed by atoms with Gasteiger partial charge in [-0.1, -0.05) is 35.7 Å². The highest BCUT2D eigenvalue weighted by atomic mass is 35.5. The number of amides is 1. The summed E-state index contributed by atoms with van der Waals surface area (Å²) in [5, 5.41) is 10.7. The van der Waals surface area contributed by atoms with Gasteiger partial charge >= 0.3 is 5.97 Å². The molecule has 0 aromatic heterocycles. The Balaban J connectivity index is 1.64. The van der Waals surface area contributed by atoms with E-state index in [0.29, 0.717) is 36.2 Å². The summed E-state index contributed by atoms with van der Waals surface area (Å²) >= 11 is 12.2. The molecule has 3 aliphatic rings. The molecule has 0 radical (unpaired) electrons. The second kappa shape index (κ2) is 6.39. The lowest BCUT2D eigenvalue weighted by Gasteiger charge is -2.43. The molecule has 2 saturated heterocycles. The van der Waals surface area contributed by atoms with Crippen molar-refractivity contribution in [2.45, 2.75) is 31.1 Å². The predicted octanol–water partition coefficient (Wildman–Crippen LogP) is 3.36. The average Bonchev–Trinajstić information content (AvgIpc) is 2.98. The Kier molecular flexibility index (Phi) is 4.45. The summed E-state index contributed by atoms with van der Waals surface area (Å²) in [5.74, 6) is -0.959. The minimum absolute atomic E-state index is 0.0113. The molecule has 0 bridgehead atoms. The number of halogens is 2. The van der Waals surface area contributed by atoms with Crippen molar-refractivity contribution in [3.8, 4) is 0 Å². The number of aliphatic carboxylic acids is 1. The van der Waals surface area contributed by atoms with Gasteiger partial charge in [-0.05, 0) is 37.0 Å². The first-order valence-electron chi connectivity index (χ1n) is 8.95. The molecule has 2 atom stereocenters. The Morgan fingerprint density at radius 3 is 2.54 bits per heavy atom. The molecule has 0 spiro atoms. The highest BCUT2D eigenvalue weighted by Gasteiger charge is 2.58. The van der Waals surface area contributed by atoms with Crippen LogP contribution in [0.5, 0.6) is 0 Å². The lowest BCUT2D eigenvalue weighted by molar-refractivity contribution is -0.157. The standard InChI is InChI=1S/C19H21Cl2NO4/c20-14-3-2-12(8-15(14)21)18(4-1-5-18)16(23)22-9-13-10-26-7-6-19(13,11-22)17(24)25/h2-3,8,13H,1,4-7,9-11H2,(H,24,25)/t13-,19+/m0/s1. The summed E-state index contributed by atoms with van der Waals surface area (Å²) in [7, 11) is 0. The van der Waals surface area contributed by atoms with Crippen LogP contribution in [-0.2, 0) is 19.7 Å². The summed E-state index contributed by atoms with van der Waals surface area (Å²) in [4.78, 5) is 27.2. The molecule has 3 fully saturated rings. The molecule has 7 heteroatoms. The predicted molar refractivity (Wildman–Crippen MR) is 97.6 cm³/mol. The quantitative estimate of drug-likeness (QED) is 0.848. The van der Waals surface area contributed by atoms with Crippen LogP contribution in [0, 0.1) is 11.3 Å². The molecule has 4 rings (SSSR count). The number of carboxylic acid groups (broad SMARTS) is 1. The van der Waals surface area contributed by atoms with Crippen LogP contribution in [0.3, 0.4) is 0 Å². The van der Waals surface area contributed by atoms with E-state index in [1.807, 2.05) is 6.07 Å². The zero-order valence-corrected chi connectivity index (χ0v) is 15.9. The monoisotopic (exact) mass is 397 g/mol. The number of likely N-dealkylation sites (tertiary alicyclic amines) is 1. The zero-order valence-electron chi connectivity index (χ0n) is 14.3. The number of rotatable bonds is 3. The first-order chi connectivity index (χ1) is 12.4. The second-order valence-electron chi connectivity index (χ2n) is 7.73. The molecule has 2 heterocycles. The van der Waals surface area contributed by atoms with Crippen molar-refractivity contribution in [1.82, 2.24) is 4.90 Å². The molecule has 1 aromatic rings. The fourth-order valence-corrected chi connectivity index (χ4v) is 5.01. The number of fused-ring (bicyclic) bond motifs is 1. The molecule has 1 N–H and O–H groups in total. The van der Waals surface area contributed by atoms with Crippen LogP contribution in [0.25, 0.3) is 0 Å². The molecule has 1 amide bonds. The maximum absolute atomic E-state index is 13.5. The van der Waals surface area contributed by atoms with Crippen molar-refractivity contribution in [3.05, 3.63) is 33.8 Å². The SMILES string of the molecule is O=C(N1C[C@H]2COCC[C@@]2(C(=O)O)C1)C1(c2ccc(Cl)c(Cl)c2)CCC1. The molecule has 0 unspecified atom stereocenters. The van der Waals surface area contributed by atoms with Crippen molar-refractivity contribution in [2.24, 2.45) is 11.3 Å². The van der Waals surface area contributed by atoms with Crippen LogP contribution in [0.2, 0.25) is 10.0 Å². The van der Waals surface area contributed by atoms with Gasteiger partial charge in [0.2, 0.25) is 5.91 Å². The van der Waals surface area contributed by atoms with E-state index in [4.69, 9.17) is 27.9 Å². The largest absolute Gasteiger partial charge is 0.481 e. The minimum atomic E-state index is -0.878. The van der Waals surface area contributed by atoms with Crippen LogP contribution >= 0.6 is 23.2 Å². The van der Waals surface area contributed by atoms with Gasteiger partial charge in [-0.3, -0.25) is 9.59 Å². The molecule has 140 valence electrons. The van der Waals surface area contributed by atoms with Crippen molar-refractivity contribution in [1.29, 1.82) is 0 Å². The van der Waals surface area contributed by atoms with Gasteiger partial charge in [0.25, 0.3) is 0 Å². The summed E-state index contributed by atoms with van der Waals surface area (Å²) in [6.45, 7) is 1.53. The van der Waals surface area contributed by atoms with E-state index >= 15 is 0 Å². The third kappa shape index (κ3) is 2.55. The van der Waals surface area contributed by atoms with Crippen LogP contribution in [-0.4, -0.2) is 48.2 Å². The first-order valence-corrected chi connectivity index (χ1v) is 9.71. The zero-order chi connectivity index (χ0) is 18.5. The first kappa shape index (κ1) is 18.1. The van der Waals surface area contributed by atoms with Crippen LogP contribution in [0.4, 0.5) is 0 Å². The number of hydrogen-bond acceptors (Lipinski definition) is 3. The average molecular weight is 398 g/mol. The number of carbonyl (C=O) groups is 2. The summed E-state index contributed by atoms with van der Waals surface area (Å²) < 4.78 is 5.49. The highest BCUT2D eigenvalue weighted by Crippen LogP contribution is 2.49. The van der Waals surface area contributed by atoms with Crippen molar-refractivity contribution in [2.75, 3.05) is 26.3 Å². The van der Waals surface area contributed by atoms with Crippen molar-refractivity contribution < 1.29 is 19.4 Å². The van der Waals surface area contributed by atoms with Crippen LogP contribution in [0.15, 0.2) is 18.2 Å². The number of nitrogens with zero attached hydrogens (tertiary/aromatic N) is 1. The molecule has 2 aliphatic heterocycles. The van der Waals surface area contributed by atoms with E-state index in [9.17, 15) is 14.7 Å². The van der Waals surface area contributed by atoms with E-state index in [-0.39, 0.29) is 18.4 Å². The summed E-state index contributed by atoms with van der Waals surface area (Å²) in [6, 6.07) is 5.37. The smallest absolute Gasteiger partial charge is 0.311 e. The molecule has 1 aromatic carbocycles. The van der Waals surface area contributed by atoms with E-state index in [2.05, 4.69) is 0 Å². The molecular formula is C19H21Cl2NO4. The normalized spacial score (nSPS) is 29.8. The topological polar surface area (TPSA) is 66.8 Å². The van der Waals surface area contributed by atoms with Gasteiger partial charge < -0.3 is 14.7 Å². The number of benzene rings is 1. The summed E-state index contributed by atoms with van der Waals surface area (Å²) in [6.07, 6.45) is 2.93. The van der Waals surface area contributed by atoms with Crippen LogP contribution in [0.1, 0.15) is 31.2 Å². The van der Waals surface area contributed by atoms with Gasteiger partial charge in [0, 0.05) is 25.6 Å². The summed E-state index contributed by atoms with van der Waals surface area (Å²) in [5.41, 5.74) is -0.614. The fourth-order valence-electron chi connectivity index (χ4n) is 4.71. The van der Waals surface area contributed by atoms with Gasteiger partial charge in [-0.25, -0.2) is 0 Å². The Morgan fingerprint density at radius 2 is 1.96 bits per heavy atom. The number of ether oxygens (including phenoxy) is 1. The Morgan fingerprint density at radius 1 is 1.19 bits per heavy atom. The third-order valence-electron chi connectivity index (χ3n) is 6.51. The van der Waals surface area contributed by atoms with Gasteiger partial charge in [0.1, 0.15) is 0 Å². The van der Waals surface area contributed by atoms with Gasteiger partial charge in [0.05, 0.1) is 27.5 Å². The lowest BCUT2D eigenvalue weighted by Crippen LogP contribution is -2.51. The van der Waals surface area contributed by atoms with Crippen LogP contribution < -0.4 is 0 Å². The van der Waals surface area contributed by atoms with E-state index in [1.54, 1.807) is 17.0 Å². The van der Waals surface area contributed by atoms with Gasteiger partial charge in [-0.15, -0.1) is 0 Å². The van der Waals surface area contributed by atoms with Crippen molar-refractivity contribution >= 4 is 35.1 Å². The van der Waals surface area contributed by atoms with E-state index < -0.39 is 16.8 Å². The number of carbonyl (C=O) groups excluding carboxylic acids is 1. The third-order valence-corrected chi connectivity index (χ3v) is 7.25. The molecule has 5 nitrogen and oxygen atoms in total. The Bertz CT molecular complexity index is 764. The molecule has 1 aliphatic carbocycles. The van der Waals surface area contributed by atoms with E-state index in [0.717, 1.165) is 24.8 Å². The molecule has 1 saturated carbocycles. The van der Waals surface area contributed by atoms with Gasteiger partial charge in [-0.2, -0.15) is 0 Å². The fraction of sp³-hybridized carbons (Fsp3) is 0.579. The second-order valence-corrected chi connectivity index (χ2v) is 8.55. The Hall–Kier alpha value is -1.30. The maximum atomic E-state index is 13.5. The lowest BCUT2D eigenvalue weighted by atomic mass is 9.63. The minimum Gasteiger partial charge on any atom is -0.481 e. The number of carboxylic acids is 1. The van der Waals surface area contributed by atoms with Crippen molar-refractivity contribution in [3.63, 3.8) is 0 Å². The highest BCUT2D eigenvalue weighted by molar-refractivity contribution is 6.42. The molecular weight excluding hydrogens is 377 g/mol. The Labute approximate surface area is 162 Å².